The van der Waals surface area contributed by atoms with E-state index in [2.05, 4.69) is 15.6 Å². The Labute approximate surface area is 75.7 Å². The van der Waals surface area contributed by atoms with Crippen LogP contribution in [0.3, 0.4) is 0 Å². The molecule has 1 aromatic carbocycles. The number of hydrogen-bond acceptors (Lipinski definition) is 2. The molecule has 4 heteroatoms. The second-order valence-corrected chi connectivity index (χ2v) is 2.70. The van der Waals surface area contributed by atoms with Gasteiger partial charge in [-0.1, -0.05) is 18.2 Å². The minimum Gasteiger partial charge on any atom is -0.331 e. The third-order valence-corrected chi connectivity index (χ3v) is 1.69. The largest absolute Gasteiger partial charge is 0.331 e. The molecule has 1 aliphatic rings. The van der Waals surface area contributed by atoms with Gasteiger partial charge in [-0.05, 0) is 12.1 Å². The summed E-state index contributed by atoms with van der Waals surface area (Å²) in [6.45, 7) is 0.480. The van der Waals surface area contributed by atoms with Crippen molar-refractivity contribution in [2.24, 2.45) is 4.99 Å². The van der Waals surface area contributed by atoms with Crippen LogP contribution in [0.15, 0.2) is 35.3 Å². The van der Waals surface area contributed by atoms with E-state index < -0.39 is 0 Å². The normalized spacial score (nSPS) is 18.5. The van der Waals surface area contributed by atoms with E-state index in [-0.39, 0.29) is 6.03 Å². The molecule has 0 spiro atoms. The van der Waals surface area contributed by atoms with Crippen LogP contribution in [-0.2, 0) is 0 Å². The SMILES string of the molecule is O=C1NCC(=Nc2ccccc2)N1. The zero-order valence-corrected chi connectivity index (χ0v) is 6.95. The summed E-state index contributed by atoms with van der Waals surface area (Å²) >= 11 is 0. The van der Waals surface area contributed by atoms with Gasteiger partial charge < -0.3 is 5.32 Å². The molecular weight excluding hydrogens is 166 g/mol. The van der Waals surface area contributed by atoms with Crippen molar-refractivity contribution in [3.05, 3.63) is 30.3 Å². The lowest BCUT2D eigenvalue weighted by atomic mass is 10.3. The first kappa shape index (κ1) is 7.79. The van der Waals surface area contributed by atoms with E-state index in [0.29, 0.717) is 12.4 Å². The van der Waals surface area contributed by atoms with Crippen LogP contribution >= 0.6 is 0 Å². The molecular formula is C9H9N3O. The fourth-order valence-corrected chi connectivity index (χ4v) is 1.11. The number of hydrogen-bond donors (Lipinski definition) is 2. The van der Waals surface area contributed by atoms with Crippen molar-refractivity contribution < 1.29 is 4.79 Å². The molecule has 4 nitrogen and oxygen atoms in total. The fourth-order valence-electron chi connectivity index (χ4n) is 1.11. The number of nitrogens with one attached hydrogen (secondary N) is 2. The van der Waals surface area contributed by atoms with Gasteiger partial charge in [-0.15, -0.1) is 0 Å². The summed E-state index contributed by atoms with van der Waals surface area (Å²) in [7, 11) is 0. The van der Waals surface area contributed by atoms with E-state index in [4.69, 9.17) is 0 Å². The van der Waals surface area contributed by atoms with Gasteiger partial charge in [0.2, 0.25) is 0 Å². The van der Waals surface area contributed by atoms with Crippen LogP contribution in [0, 0.1) is 0 Å². The number of amides is 2. The third-order valence-electron chi connectivity index (χ3n) is 1.69. The zero-order valence-electron chi connectivity index (χ0n) is 6.95. The van der Waals surface area contributed by atoms with Crippen molar-refractivity contribution in [2.75, 3.05) is 6.54 Å². The molecule has 0 unspecified atom stereocenters. The molecule has 2 rings (SSSR count). The van der Waals surface area contributed by atoms with Crippen molar-refractivity contribution >= 4 is 17.6 Å². The highest BCUT2D eigenvalue weighted by molar-refractivity contribution is 6.05. The van der Waals surface area contributed by atoms with Crippen molar-refractivity contribution in [3.8, 4) is 0 Å². The first-order valence-electron chi connectivity index (χ1n) is 4.02. The van der Waals surface area contributed by atoms with E-state index >= 15 is 0 Å². The minimum atomic E-state index is -0.185. The monoisotopic (exact) mass is 175 g/mol. The van der Waals surface area contributed by atoms with Gasteiger partial charge in [0.1, 0.15) is 5.84 Å². The van der Waals surface area contributed by atoms with Crippen LogP contribution < -0.4 is 10.6 Å². The van der Waals surface area contributed by atoms with E-state index in [1.165, 1.54) is 0 Å². The smallest absolute Gasteiger partial charge is 0.320 e. The molecule has 1 heterocycles. The molecule has 1 fully saturated rings. The summed E-state index contributed by atoms with van der Waals surface area (Å²) < 4.78 is 0. The lowest BCUT2D eigenvalue weighted by molar-refractivity contribution is 0.249. The number of para-hydroxylation sites is 1. The van der Waals surface area contributed by atoms with E-state index in [1.54, 1.807) is 0 Å². The first-order chi connectivity index (χ1) is 6.34. The van der Waals surface area contributed by atoms with Crippen molar-refractivity contribution in [1.82, 2.24) is 10.6 Å². The lowest BCUT2D eigenvalue weighted by Gasteiger charge is -1.94. The molecule has 0 aliphatic carbocycles. The van der Waals surface area contributed by atoms with Crippen LogP contribution in [0.1, 0.15) is 0 Å². The first-order valence-corrected chi connectivity index (χ1v) is 4.02. The number of urea groups is 1. The second kappa shape index (κ2) is 3.26. The summed E-state index contributed by atoms with van der Waals surface area (Å²) in [5.74, 6) is 0.663. The number of carbonyl (C=O) groups is 1. The molecule has 0 saturated carbocycles. The number of aliphatic imine (C=N–C) groups is 1. The van der Waals surface area contributed by atoms with Crippen LogP contribution in [-0.4, -0.2) is 18.4 Å². The third kappa shape index (κ3) is 1.84. The van der Waals surface area contributed by atoms with E-state index in [1.807, 2.05) is 30.3 Å². The second-order valence-electron chi connectivity index (χ2n) is 2.70. The standard InChI is InChI=1S/C9H9N3O/c13-9-10-6-8(12-9)11-7-4-2-1-3-5-7/h1-5H,6H2,(H2,10,11,12,13). The maximum Gasteiger partial charge on any atom is 0.320 e. The van der Waals surface area contributed by atoms with Crippen molar-refractivity contribution in [2.45, 2.75) is 0 Å². The Hall–Kier alpha value is -1.84. The van der Waals surface area contributed by atoms with Gasteiger partial charge in [-0.2, -0.15) is 0 Å². The predicted molar refractivity (Wildman–Crippen MR) is 50.1 cm³/mol. The van der Waals surface area contributed by atoms with Gasteiger partial charge in [0.25, 0.3) is 0 Å². The average molecular weight is 175 g/mol. The Kier molecular flexibility index (Phi) is 1.96. The molecule has 1 aromatic rings. The minimum absolute atomic E-state index is 0.185. The molecule has 0 aromatic heterocycles. The Balaban J connectivity index is 2.17. The molecule has 66 valence electrons. The summed E-state index contributed by atoms with van der Waals surface area (Å²) in [6, 6.07) is 9.33. The lowest BCUT2D eigenvalue weighted by Crippen LogP contribution is -2.22. The highest BCUT2D eigenvalue weighted by Crippen LogP contribution is 2.09. The van der Waals surface area contributed by atoms with Gasteiger partial charge in [0.15, 0.2) is 0 Å². The fraction of sp³-hybridized carbons (Fsp3) is 0.111. The van der Waals surface area contributed by atoms with E-state index in [0.717, 1.165) is 5.69 Å². The Morgan fingerprint density at radius 1 is 1.23 bits per heavy atom. The highest BCUT2D eigenvalue weighted by Gasteiger charge is 2.13. The van der Waals surface area contributed by atoms with Gasteiger partial charge in [-0.3, -0.25) is 5.32 Å². The molecule has 1 aliphatic heterocycles. The van der Waals surface area contributed by atoms with Crippen LogP contribution in [0.5, 0.6) is 0 Å². The molecule has 2 amide bonds. The molecule has 0 radical (unpaired) electrons. The number of nitrogens with zero attached hydrogens (tertiary/aromatic N) is 1. The maximum absolute atomic E-state index is 10.7. The van der Waals surface area contributed by atoms with Crippen molar-refractivity contribution in [1.29, 1.82) is 0 Å². The zero-order chi connectivity index (χ0) is 9.10. The number of carbonyl (C=O) groups excluding carboxylic acids is 1. The summed E-state index contributed by atoms with van der Waals surface area (Å²) in [4.78, 5) is 15.0. The summed E-state index contributed by atoms with van der Waals surface area (Å²) in [5.41, 5.74) is 0.849. The van der Waals surface area contributed by atoms with E-state index in [9.17, 15) is 4.79 Å². The average Bonchev–Trinajstić information content (AvgIpc) is 2.53. The van der Waals surface area contributed by atoms with Gasteiger partial charge in [-0.25, -0.2) is 9.79 Å². The Bertz CT molecular complexity index is 345. The number of amidine groups is 1. The topological polar surface area (TPSA) is 53.5 Å². The van der Waals surface area contributed by atoms with Crippen LogP contribution in [0.2, 0.25) is 0 Å². The van der Waals surface area contributed by atoms with Crippen LogP contribution in [0.25, 0.3) is 0 Å². The maximum atomic E-state index is 10.7. The Morgan fingerprint density at radius 3 is 2.62 bits per heavy atom. The highest BCUT2D eigenvalue weighted by atomic mass is 16.2. The predicted octanol–water partition coefficient (Wildman–Crippen LogP) is 1.03. The van der Waals surface area contributed by atoms with Gasteiger partial charge in [0.05, 0.1) is 12.2 Å². The molecule has 0 bridgehead atoms. The molecule has 0 atom stereocenters. The summed E-state index contributed by atoms with van der Waals surface area (Å²) in [5, 5.41) is 5.21. The Morgan fingerprint density at radius 2 is 2.00 bits per heavy atom. The quantitative estimate of drug-likeness (QED) is 0.658. The van der Waals surface area contributed by atoms with Crippen molar-refractivity contribution in [3.63, 3.8) is 0 Å². The number of rotatable bonds is 1. The molecule has 13 heavy (non-hydrogen) atoms. The molecule has 2 N–H and O–H groups in total. The van der Waals surface area contributed by atoms with Gasteiger partial charge >= 0.3 is 6.03 Å². The number of benzene rings is 1. The van der Waals surface area contributed by atoms with Gasteiger partial charge in [0, 0.05) is 0 Å². The van der Waals surface area contributed by atoms with Crippen LogP contribution in [0.4, 0.5) is 10.5 Å². The summed E-state index contributed by atoms with van der Waals surface area (Å²) in [6.07, 6.45) is 0. The molecule has 1 saturated heterocycles.